The standard InChI is InChI=1S/C33H38ClN3O5S.C2HF3O2/c34-23-7-12-28(13-8-23)42-30-19-32(33(38)37-25-9-10-26(37)18-24(35)17-25)36(20-30)43(39,40)31-14-6-21-15-29(11-5-22(21)16-31)41-27-3-1-2-4-27;3-2(4,5)1(6)7/h5-8,11-16,24-27,30,32H,1-4,9-10,17-20,35H2;(H,6,7)/t24?,25?,26?,30-,32+;/m1./s1. The van der Waals surface area contributed by atoms with Gasteiger partial charge in [0.05, 0.1) is 17.5 Å². The van der Waals surface area contributed by atoms with Gasteiger partial charge in [0.25, 0.3) is 0 Å². The highest BCUT2D eigenvalue weighted by Gasteiger charge is 2.51. The Bertz CT molecular complexity index is 1810. The summed E-state index contributed by atoms with van der Waals surface area (Å²) in [6, 6.07) is 17.3. The lowest BCUT2D eigenvalue weighted by molar-refractivity contribution is -0.192. The van der Waals surface area contributed by atoms with Gasteiger partial charge in [-0.2, -0.15) is 17.5 Å². The predicted molar refractivity (Wildman–Crippen MR) is 180 cm³/mol. The molecule has 2 bridgehead atoms. The molecule has 15 heteroatoms. The molecule has 0 spiro atoms. The van der Waals surface area contributed by atoms with Crippen LogP contribution in [0.2, 0.25) is 5.02 Å². The van der Waals surface area contributed by atoms with Gasteiger partial charge in [0.15, 0.2) is 0 Å². The second-order valence-electron chi connectivity index (χ2n) is 13.4. The first-order valence-corrected chi connectivity index (χ1v) is 18.5. The molecule has 3 aliphatic heterocycles. The van der Waals surface area contributed by atoms with Crippen molar-refractivity contribution < 1.29 is 45.8 Å². The minimum absolute atomic E-state index is 0.0587. The highest BCUT2D eigenvalue weighted by atomic mass is 35.5. The molecule has 3 N–H and O–H groups in total. The van der Waals surface area contributed by atoms with Crippen LogP contribution < -0.4 is 15.2 Å². The summed E-state index contributed by atoms with van der Waals surface area (Å²) in [5.74, 6) is -1.50. The summed E-state index contributed by atoms with van der Waals surface area (Å²) >= 11 is 6.05. The Morgan fingerprint density at radius 2 is 1.38 bits per heavy atom. The normalized spacial score (nSPS) is 25.7. The van der Waals surface area contributed by atoms with Crippen LogP contribution in [-0.4, -0.2) is 83.7 Å². The molecular weight excluding hydrogens is 699 g/mol. The molecule has 3 aromatic carbocycles. The third kappa shape index (κ3) is 7.98. The summed E-state index contributed by atoms with van der Waals surface area (Å²) in [5, 5.41) is 9.43. The first-order chi connectivity index (χ1) is 23.7. The molecule has 3 aromatic rings. The Labute approximate surface area is 293 Å². The van der Waals surface area contributed by atoms with E-state index in [1.165, 1.54) is 17.1 Å². The summed E-state index contributed by atoms with van der Waals surface area (Å²) in [6.45, 7) is 0.0796. The summed E-state index contributed by atoms with van der Waals surface area (Å²) in [6.07, 6.45) is 2.80. The van der Waals surface area contributed by atoms with E-state index in [1.807, 2.05) is 29.2 Å². The second kappa shape index (κ2) is 14.6. The van der Waals surface area contributed by atoms with Crippen molar-refractivity contribution in [1.82, 2.24) is 9.21 Å². The summed E-state index contributed by atoms with van der Waals surface area (Å²) in [4.78, 5) is 25.2. The van der Waals surface area contributed by atoms with Gasteiger partial charge in [-0.15, -0.1) is 0 Å². The summed E-state index contributed by atoms with van der Waals surface area (Å²) < 4.78 is 74.0. The third-order valence-electron chi connectivity index (χ3n) is 9.88. The fourth-order valence-corrected chi connectivity index (χ4v) is 9.36. The van der Waals surface area contributed by atoms with E-state index in [2.05, 4.69) is 0 Å². The number of halogens is 4. The van der Waals surface area contributed by atoms with Crippen molar-refractivity contribution in [3.8, 4) is 11.5 Å². The number of benzene rings is 3. The molecule has 4 atom stereocenters. The van der Waals surface area contributed by atoms with Crippen molar-refractivity contribution in [2.45, 2.75) is 105 Å². The van der Waals surface area contributed by atoms with Crippen molar-refractivity contribution in [2.24, 2.45) is 5.73 Å². The molecular formula is C35H39ClF3N3O7S. The smallest absolute Gasteiger partial charge is 0.490 e. The number of piperidine rings is 1. The zero-order chi connectivity index (χ0) is 35.8. The van der Waals surface area contributed by atoms with Crippen LogP contribution >= 0.6 is 11.6 Å². The van der Waals surface area contributed by atoms with Crippen LogP contribution in [0.4, 0.5) is 13.2 Å². The lowest BCUT2D eigenvalue weighted by atomic mass is 9.97. The highest BCUT2D eigenvalue weighted by molar-refractivity contribution is 7.89. The number of carboxylic acid groups (broad SMARTS) is 1. The fourth-order valence-electron chi connectivity index (χ4n) is 7.57. The highest BCUT2D eigenvalue weighted by Crippen LogP contribution is 2.39. The predicted octanol–water partition coefficient (Wildman–Crippen LogP) is 6.14. The number of carboxylic acids is 1. The molecule has 3 saturated heterocycles. The average molecular weight is 738 g/mol. The number of hydrogen-bond donors (Lipinski definition) is 2. The number of ether oxygens (including phenoxy) is 2. The number of hydrogen-bond acceptors (Lipinski definition) is 7. The maximum absolute atomic E-state index is 14.3. The number of alkyl halides is 3. The van der Waals surface area contributed by atoms with Gasteiger partial charge in [-0.3, -0.25) is 4.79 Å². The molecule has 50 heavy (non-hydrogen) atoms. The van der Waals surface area contributed by atoms with Crippen molar-refractivity contribution in [3.63, 3.8) is 0 Å². The summed E-state index contributed by atoms with van der Waals surface area (Å²) in [7, 11) is -4.02. The average Bonchev–Trinajstić information content (AvgIpc) is 3.80. The van der Waals surface area contributed by atoms with Gasteiger partial charge < -0.3 is 25.2 Å². The molecule has 7 rings (SSSR count). The molecule has 10 nitrogen and oxygen atoms in total. The second-order valence-corrected chi connectivity index (χ2v) is 15.7. The number of amides is 1. The van der Waals surface area contributed by atoms with E-state index < -0.39 is 34.3 Å². The van der Waals surface area contributed by atoms with Gasteiger partial charge >= 0.3 is 12.1 Å². The van der Waals surface area contributed by atoms with E-state index in [0.29, 0.717) is 10.8 Å². The van der Waals surface area contributed by atoms with Gasteiger partial charge in [0, 0.05) is 29.6 Å². The molecule has 4 aliphatic rings. The van der Waals surface area contributed by atoms with Gasteiger partial charge in [0.2, 0.25) is 15.9 Å². The number of aliphatic carboxylic acids is 1. The molecule has 0 radical (unpaired) electrons. The van der Waals surface area contributed by atoms with E-state index in [-0.39, 0.29) is 48.0 Å². The lowest BCUT2D eigenvalue weighted by Gasteiger charge is -2.40. The van der Waals surface area contributed by atoms with Crippen molar-refractivity contribution in [2.75, 3.05) is 6.54 Å². The Hall–Kier alpha value is -3.59. The fraction of sp³-hybridized carbons (Fsp3) is 0.486. The Kier molecular flexibility index (Phi) is 10.5. The topological polar surface area (TPSA) is 139 Å². The van der Waals surface area contributed by atoms with Crippen LogP contribution in [-0.2, 0) is 19.6 Å². The zero-order valence-corrected chi connectivity index (χ0v) is 28.7. The number of carbonyl (C=O) groups excluding carboxylic acids is 1. The van der Waals surface area contributed by atoms with Crippen LogP contribution in [0.25, 0.3) is 10.8 Å². The molecule has 1 aliphatic carbocycles. The largest absolute Gasteiger partial charge is 0.490 e. The monoisotopic (exact) mass is 737 g/mol. The molecule has 0 aromatic heterocycles. The number of rotatable bonds is 7. The number of sulfonamides is 1. The van der Waals surface area contributed by atoms with Crippen LogP contribution in [0.3, 0.4) is 0 Å². The Balaban J connectivity index is 0.000000561. The minimum atomic E-state index is -5.08. The van der Waals surface area contributed by atoms with Gasteiger partial charge in [-0.1, -0.05) is 23.7 Å². The maximum Gasteiger partial charge on any atom is 0.490 e. The van der Waals surface area contributed by atoms with Crippen LogP contribution in [0, 0.1) is 0 Å². The molecule has 1 saturated carbocycles. The third-order valence-corrected chi connectivity index (χ3v) is 12.0. The van der Waals surface area contributed by atoms with Gasteiger partial charge in [0.1, 0.15) is 23.6 Å². The quantitative estimate of drug-likeness (QED) is 0.295. The SMILES string of the molecule is NC1CC2CCC(C1)N2C(=O)[C@@H]1C[C@@H](Oc2ccc(Cl)cc2)CN1S(=O)(=O)c1ccc2cc(OC3CCCC3)ccc2c1.O=C(O)C(F)(F)F. The van der Waals surface area contributed by atoms with E-state index in [9.17, 15) is 26.4 Å². The van der Waals surface area contributed by atoms with E-state index >= 15 is 0 Å². The van der Waals surface area contributed by atoms with Crippen LogP contribution in [0.15, 0.2) is 65.6 Å². The van der Waals surface area contributed by atoms with Crippen molar-refractivity contribution >= 4 is 44.3 Å². The number of nitrogens with two attached hydrogens (primary N) is 1. The lowest BCUT2D eigenvalue weighted by Crippen LogP contribution is -2.55. The number of nitrogens with zero attached hydrogens (tertiary/aromatic N) is 2. The van der Waals surface area contributed by atoms with Gasteiger partial charge in [-0.05, 0) is 111 Å². The Morgan fingerprint density at radius 3 is 2.00 bits per heavy atom. The first kappa shape index (κ1) is 36.2. The van der Waals surface area contributed by atoms with Crippen molar-refractivity contribution in [3.05, 3.63) is 65.7 Å². The Morgan fingerprint density at radius 1 is 0.820 bits per heavy atom. The zero-order valence-electron chi connectivity index (χ0n) is 27.1. The summed E-state index contributed by atoms with van der Waals surface area (Å²) in [5.41, 5.74) is 6.28. The maximum atomic E-state index is 14.3. The van der Waals surface area contributed by atoms with Crippen molar-refractivity contribution in [1.29, 1.82) is 0 Å². The minimum Gasteiger partial charge on any atom is -0.490 e. The molecule has 3 heterocycles. The first-order valence-electron chi connectivity index (χ1n) is 16.7. The molecule has 1 amide bonds. The van der Waals surface area contributed by atoms with Crippen LogP contribution in [0.1, 0.15) is 57.8 Å². The van der Waals surface area contributed by atoms with E-state index in [4.69, 9.17) is 36.7 Å². The number of carbonyl (C=O) groups is 2. The van der Waals surface area contributed by atoms with E-state index in [1.54, 1.807) is 36.4 Å². The van der Waals surface area contributed by atoms with Crippen LogP contribution in [0.5, 0.6) is 11.5 Å². The van der Waals surface area contributed by atoms with E-state index in [0.717, 1.165) is 55.0 Å². The molecule has 2 unspecified atom stereocenters. The number of fused-ring (bicyclic) bond motifs is 3. The molecule has 4 fully saturated rings. The van der Waals surface area contributed by atoms with Gasteiger partial charge in [-0.25, -0.2) is 13.2 Å². The molecule has 270 valence electrons.